The summed E-state index contributed by atoms with van der Waals surface area (Å²) in [5, 5.41) is 8.93. The number of halogens is 1. The minimum absolute atomic E-state index is 0.244. The first-order valence-electron chi connectivity index (χ1n) is 5.09. The third-order valence-electron chi connectivity index (χ3n) is 2.25. The first-order valence-corrected chi connectivity index (χ1v) is 6.89. The summed E-state index contributed by atoms with van der Waals surface area (Å²) in [6, 6.07) is 4.72. The van der Waals surface area contributed by atoms with Crippen molar-refractivity contribution in [3.8, 4) is 0 Å². The van der Waals surface area contributed by atoms with Crippen molar-refractivity contribution in [1.82, 2.24) is 10.2 Å². The van der Waals surface area contributed by atoms with Gasteiger partial charge in [0.1, 0.15) is 10.8 Å². The van der Waals surface area contributed by atoms with Crippen LogP contribution in [0.2, 0.25) is 0 Å². The molecule has 0 aliphatic carbocycles. The maximum absolute atomic E-state index is 13.0. The number of thioether (sulfide) groups is 1. The van der Waals surface area contributed by atoms with Gasteiger partial charge in [-0.1, -0.05) is 29.2 Å². The largest absolute Gasteiger partial charge is 0.326 e. The molecule has 0 atom stereocenters. The summed E-state index contributed by atoms with van der Waals surface area (Å²) in [7, 11) is 0. The summed E-state index contributed by atoms with van der Waals surface area (Å²) < 4.78 is 13.9. The number of hydrogen-bond acceptors (Lipinski definition) is 5. The van der Waals surface area contributed by atoms with Gasteiger partial charge in [-0.2, -0.15) is 0 Å². The highest BCUT2D eigenvalue weighted by Crippen LogP contribution is 2.27. The molecule has 2 N–H and O–H groups in total. The predicted octanol–water partition coefficient (Wildman–Crippen LogP) is 2.74. The van der Waals surface area contributed by atoms with E-state index in [9.17, 15) is 4.39 Å². The number of rotatable bonds is 4. The summed E-state index contributed by atoms with van der Waals surface area (Å²) >= 11 is 3.16. The Morgan fingerprint density at radius 3 is 2.82 bits per heavy atom. The highest BCUT2D eigenvalue weighted by atomic mass is 32.2. The molecule has 0 radical (unpaired) electrons. The molecule has 0 amide bonds. The van der Waals surface area contributed by atoms with Crippen LogP contribution in [-0.2, 0) is 12.3 Å². The van der Waals surface area contributed by atoms with Gasteiger partial charge in [0.2, 0.25) is 0 Å². The predicted molar refractivity (Wildman–Crippen MR) is 68.5 cm³/mol. The van der Waals surface area contributed by atoms with E-state index in [0.29, 0.717) is 6.54 Å². The average Bonchev–Trinajstić information content (AvgIpc) is 2.73. The van der Waals surface area contributed by atoms with E-state index in [4.69, 9.17) is 5.73 Å². The first kappa shape index (κ1) is 12.5. The van der Waals surface area contributed by atoms with E-state index in [1.807, 2.05) is 6.92 Å². The number of aromatic nitrogens is 2. The summed E-state index contributed by atoms with van der Waals surface area (Å²) in [4.78, 5) is 0. The minimum atomic E-state index is -0.244. The van der Waals surface area contributed by atoms with Crippen LogP contribution in [0.4, 0.5) is 4.39 Å². The molecule has 1 heterocycles. The van der Waals surface area contributed by atoms with Gasteiger partial charge in [-0.25, -0.2) is 4.39 Å². The van der Waals surface area contributed by atoms with Crippen LogP contribution in [-0.4, -0.2) is 10.2 Å². The van der Waals surface area contributed by atoms with Gasteiger partial charge >= 0.3 is 0 Å². The Morgan fingerprint density at radius 2 is 2.18 bits per heavy atom. The van der Waals surface area contributed by atoms with Gasteiger partial charge in [0.15, 0.2) is 4.34 Å². The van der Waals surface area contributed by atoms with Gasteiger partial charge < -0.3 is 5.73 Å². The van der Waals surface area contributed by atoms with Crippen molar-refractivity contribution in [1.29, 1.82) is 0 Å². The Labute approximate surface area is 107 Å². The lowest BCUT2D eigenvalue weighted by Gasteiger charge is -2.06. The van der Waals surface area contributed by atoms with Crippen LogP contribution in [0.1, 0.15) is 16.1 Å². The van der Waals surface area contributed by atoms with E-state index in [1.54, 1.807) is 29.2 Å². The second-order valence-electron chi connectivity index (χ2n) is 3.49. The van der Waals surface area contributed by atoms with Crippen LogP contribution >= 0.6 is 23.1 Å². The van der Waals surface area contributed by atoms with Crippen molar-refractivity contribution in [3.05, 3.63) is 40.2 Å². The number of benzene rings is 1. The molecule has 2 aromatic rings. The molecule has 0 aliphatic heterocycles. The van der Waals surface area contributed by atoms with E-state index < -0.39 is 0 Å². The van der Waals surface area contributed by atoms with Crippen molar-refractivity contribution in [3.63, 3.8) is 0 Å². The monoisotopic (exact) mass is 269 g/mol. The van der Waals surface area contributed by atoms with Crippen LogP contribution in [0.3, 0.4) is 0 Å². The lowest BCUT2D eigenvalue weighted by Crippen LogP contribution is -2.01. The van der Waals surface area contributed by atoms with Crippen molar-refractivity contribution < 1.29 is 4.39 Å². The van der Waals surface area contributed by atoms with Crippen molar-refractivity contribution in [2.75, 3.05) is 0 Å². The van der Waals surface area contributed by atoms with Crippen molar-refractivity contribution >= 4 is 23.1 Å². The number of nitrogens with two attached hydrogens (primary N) is 1. The first-order chi connectivity index (χ1) is 8.19. The highest BCUT2D eigenvalue weighted by molar-refractivity contribution is 8.00. The van der Waals surface area contributed by atoms with Gasteiger partial charge in [-0.15, -0.1) is 10.2 Å². The molecule has 0 aliphatic rings. The Hall–Kier alpha value is -0.980. The lowest BCUT2D eigenvalue weighted by atomic mass is 10.1. The molecule has 0 fully saturated rings. The number of hydrogen-bond donors (Lipinski definition) is 1. The molecular weight excluding hydrogens is 257 g/mol. The molecule has 17 heavy (non-hydrogen) atoms. The fraction of sp³-hybridized carbons (Fsp3) is 0.273. The third kappa shape index (κ3) is 3.24. The molecular formula is C11H12FN3S2. The molecule has 0 spiro atoms. The molecule has 0 bridgehead atoms. The summed E-state index contributed by atoms with van der Waals surface area (Å²) in [6.45, 7) is 2.27. The molecule has 2 rings (SSSR count). The maximum Gasteiger partial charge on any atom is 0.174 e. The van der Waals surface area contributed by atoms with Crippen LogP contribution < -0.4 is 5.73 Å². The summed E-state index contributed by atoms with van der Waals surface area (Å²) in [6.07, 6.45) is 0. The van der Waals surface area contributed by atoms with Crippen molar-refractivity contribution in [2.24, 2.45) is 5.73 Å². The zero-order chi connectivity index (χ0) is 12.3. The van der Waals surface area contributed by atoms with E-state index >= 15 is 0 Å². The van der Waals surface area contributed by atoms with E-state index in [-0.39, 0.29) is 5.82 Å². The average molecular weight is 269 g/mol. The molecule has 0 unspecified atom stereocenters. The Bertz CT molecular complexity index is 513. The highest BCUT2D eigenvalue weighted by Gasteiger charge is 2.06. The van der Waals surface area contributed by atoms with Crippen LogP contribution in [0.25, 0.3) is 0 Å². The summed E-state index contributed by atoms with van der Waals surface area (Å²) in [5.74, 6) is 0.493. The van der Waals surface area contributed by atoms with Crippen molar-refractivity contribution in [2.45, 2.75) is 23.6 Å². The Kier molecular flexibility index (Phi) is 4.09. The van der Waals surface area contributed by atoms with E-state index in [0.717, 1.165) is 26.2 Å². The molecule has 1 aromatic heterocycles. The van der Waals surface area contributed by atoms with Gasteiger partial charge in [0.05, 0.1) is 0 Å². The molecule has 90 valence electrons. The minimum Gasteiger partial charge on any atom is -0.326 e. The smallest absolute Gasteiger partial charge is 0.174 e. The molecule has 0 saturated heterocycles. The Morgan fingerprint density at radius 1 is 1.35 bits per heavy atom. The van der Waals surface area contributed by atoms with Gasteiger partial charge in [-0.05, 0) is 30.2 Å². The van der Waals surface area contributed by atoms with Gasteiger partial charge in [0.25, 0.3) is 0 Å². The quantitative estimate of drug-likeness (QED) is 0.867. The second kappa shape index (κ2) is 5.57. The second-order valence-corrected chi connectivity index (χ2v) is 5.90. The number of aryl methyl sites for hydroxylation is 1. The van der Waals surface area contributed by atoms with Crippen LogP contribution in [0.15, 0.2) is 22.5 Å². The van der Waals surface area contributed by atoms with E-state index in [2.05, 4.69) is 10.2 Å². The number of nitrogens with zero attached hydrogens (tertiary/aromatic N) is 2. The fourth-order valence-corrected chi connectivity index (χ4v) is 3.25. The SMILES string of the molecule is Cc1nnc(SCc2ccc(F)cc2CN)s1. The lowest BCUT2D eigenvalue weighted by molar-refractivity contribution is 0.624. The standard InChI is InChI=1S/C11H12FN3S2/c1-7-14-15-11(17-7)16-6-8-2-3-10(12)4-9(8)5-13/h2-4H,5-6,13H2,1H3. The Balaban J connectivity index is 2.08. The molecule has 0 saturated carbocycles. The van der Waals surface area contributed by atoms with Crippen LogP contribution in [0, 0.1) is 12.7 Å². The molecule has 6 heteroatoms. The van der Waals surface area contributed by atoms with Gasteiger partial charge in [0, 0.05) is 12.3 Å². The van der Waals surface area contributed by atoms with E-state index in [1.165, 1.54) is 12.1 Å². The molecule has 3 nitrogen and oxygen atoms in total. The normalized spacial score (nSPS) is 10.8. The van der Waals surface area contributed by atoms with Gasteiger partial charge in [-0.3, -0.25) is 0 Å². The fourth-order valence-electron chi connectivity index (χ4n) is 1.40. The van der Waals surface area contributed by atoms with Crippen LogP contribution in [0.5, 0.6) is 0 Å². The third-order valence-corrected chi connectivity index (χ3v) is 4.27. The topological polar surface area (TPSA) is 51.8 Å². The zero-order valence-electron chi connectivity index (χ0n) is 9.31. The zero-order valence-corrected chi connectivity index (χ0v) is 10.9. The maximum atomic E-state index is 13.0. The molecule has 1 aromatic carbocycles. The summed E-state index contributed by atoms with van der Waals surface area (Å²) in [5.41, 5.74) is 7.49.